The van der Waals surface area contributed by atoms with E-state index in [2.05, 4.69) is 9.97 Å². The maximum atomic E-state index is 13.2. The quantitative estimate of drug-likeness (QED) is 0.795. The molecule has 1 aromatic heterocycles. The van der Waals surface area contributed by atoms with Crippen molar-refractivity contribution >= 4 is 11.0 Å². The molecule has 5 heteroatoms. The first-order valence-corrected chi connectivity index (χ1v) is 6.09. The number of hydrogen-bond donors (Lipinski definition) is 1. The molecule has 1 heterocycles. The van der Waals surface area contributed by atoms with Crippen LogP contribution in [0.4, 0.5) is 4.39 Å². The summed E-state index contributed by atoms with van der Waals surface area (Å²) in [4.78, 5) is 7.54. The number of nitrogens with zero attached hydrogens (tertiary/aromatic N) is 1. The van der Waals surface area contributed by atoms with Gasteiger partial charge in [-0.1, -0.05) is 0 Å². The van der Waals surface area contributed by atoms with Crippen molar-refractivity contribution in [1.29, 1.82) is 0 Å². The smallest absolute Gasteiger partial charge is 0.142 e. The van der Waals surface area contributed by atoms with Gasteiger partial charge in [0.15, 0.2) is 0 Å². The minimum atomic E-state index is -0.301. The van der Waals surface area contributed by atoms with Gasteiger partial charge in [0, 0.05) is 0 Å². The lowest BCUT2D eigenvalue weighted by molar-refractivity contribution is 0.404. The molecule has 1 N–H and O–H groups in total. The summed E-state index contributed by atoms with van der Waals surface area (Å²) in [5, 5.41) is 0. The summed E-state index contributed by atoms with van der Waals surface area (Å²) in [6.45, 7) is 0. The highest BCUT2D eigenvalue weighted by molar-refractivity contribution is 5.81. The number of rotatable bonds is 3. The fourth-order valence-electron chi connectivity index (χ4n) is 2.11. The Hall–Kier alpha value is -2.56. The minimum absolute atomic E-state index is 0.301. The molecule has 0 unspecified atom stereocenters. The molecule has 0 radical (unpaired) electrons. The van der Waals surface area contributed by atoms with Crippen molar-refractivity contribution in [3.05, 3.63) is 42.2 Å². The minimum Gasteiger partial charge on any atom is -0.497 e. The molecule has 0 amide bonds. The van der Waals surface area contributed by atoms with Crippen molar-refractivity contribution in [3.8, 4) is 22.9 Å². The molecule has 0 aliphatic heterocycles. The van der Waals surface area contributed by atoms with Crippen molar-refractivity contribution in [2.75, 3.05) is 14.2 Å². The number of hydrogen-bond acceptors (Lipinski definition) is 3. The number of imidazole rings is 1. The van der Waals surface area contributed by atoms with E-state index in [-0.39, 0.29) is 5.82 Å². The van der Waals surface area contributed by atoms with Crippen LogP contribution in [0.15, 0.2) is 36.4 Å². The first-order valence-electron chi connectivity index (χ1n) is 6.09. The lowest BCUT2D eigenvalue weighted by atomic mass is 10.2. The summed E-state index contributed by atoms with van der Waals surface area (Å²) in [5.41, 5.74) is 2.11. The van der Waals surface area contributed by atoms with Crippen LogP contribution >= 0.6 is 0 Å². The molecular formula is C15H13FN2O2. The first kappa shape index (κ1) is 12.5. The second-order valence-electron chi connectivity index (χ2n) is 4.31. The number of aromatic amines is 1. The highest BCUT2D eigenvalue weighted by atomic mass is 19.1. The fraction of sp³-hybridized carbons (Fsp3) is 0.133. The summed E-state index contributed by atoms with van der Waals surface area (Å²) >= 11 is 0. The first-order chi connectivity index (χ1) is 9.71. The largest absolute Gasteiger partial charge is 0.497 e. The van der Waals surface area contributed by atoms with E-state index in [9.17, 15) is 4.39 Å². The number of halogens is 1. The van der Waals surface area contributed by atoms with Crippen molar-refractivity contribution < 1.29 is 13.9 Å². The van der Waals surface area contributed by atoms with Crippen LogP contribution in [0.2, 0.25) is 0 Å². The molecule has 4 nitrogen and oxygen atoms in total. The molecule has 0 saturated heterocycles. The molecule has 3 rings (SSSR count). The van der Waals surface area contributed by atoms with Crippen LogP contribution in [0.25, 0.3) is 22.4 Å². The number of nitrogens with one attached hydrogen (secondary N) is 1. The van der Waals surface area contributed by atoms with E-state index >= 15 is 0 Å². The van der Waals surface area contributed by atoms with Gasteiger partial charge in [0.2, 0.25) is 0 Å². The fourth-order valence-corrected chi connectivity index (χ4v) is 2.11. The van der Waals surface area contributed by atoms with Crippen molar-refractivity contribution in [1.82, 2.24) is 9.97 Å². The van der Waals surface area contributed by atoms with Crippen LogP contribution in [-0.2, 0) is 0 Å². The number of fused-ring (bicyclic) bond motifs is 1. The number of H-pyrrole nitrogens is 1. The number of ether oxygens (including phenoxy) is 2. The van der Waals surface area contributed by atoms with E-state index in [0.29, 0.717) is 28.4 Å². The van der Waals surface area contributed by atoms with Crippen molar-refractivity contribution in [2.45, 2.75) is 0 Å². The van der Waals surface area contributed by atoms with Crippen LogP contribution in [0.5, 0.6) is 11.5 Å². The van der Waals surface area contributed by atoms with Gasteiger partial charge < -0.3 is 14.5 Å². The topological polar surface area (TPSA) is 47.1 Å². The summed E-state index contributed by atoms with van der Waals surface area (Å²) in [6.07, 6.45) is 0. The van der Waals surface area contributed by atoms with Gasteiger partial charge in [-0.15, -0.1) is 0 Å². The third-order valence-corrected chi connectivity index (χ3v) is 3.11. The van der Waals surface area contributed by atoms with E-state index in [1.165, 1.54) is 12.1 Å². The number of benzene rings is 2. The third kappa shape index (κ3) is 2.07. The standard InChI is InChI=1S/C15H13FN2O2/c1-19-10-4-6-14(20-2)11(8-10)15-17-12-5-3-9(16)7-13(12)18-15/h3-8H,1-2H3,(H,17,18). The molecule has 0 fully saturated rings. The molecule has 0 aliphatic carbocycles. The Morgan fingerprint density at radius 1 is 1.05 bits per heavy atom. The van der Waals surface area contributed by atoms with E-state index in [0.717, 1.165) is 5.56 Å². The van der Waals surface area contributed by atoms with Crippen molar-refractivity contribution in [2.24, 2.45) is 0 Å². The van der Waals surface area contributed by atoms with E-state index in [4.69, 9.17) is 9.47 Å². The van der Waals surface area contributed by atoms with Crippen LogP contribution in [0.3, 0.4) is 0 Å². The Bertz CT molecular complexity index is 768. The summed E-state index contributed by atoms with van der Waals surface area (Å²) in [7, 11) is 3.19. The van der Waals surface area contributed by atoms with Crippen LogP contribution < -0.4 is 9.47 Å². The van der Waals surface area contributed by atoms with Crippen LogP contribution in [0, 0.1) is 5.82 Å². The van der Waals surface area contributed by atoms with E-state index < -0.39 is 0 Å². The molecule has 20 heavy (non-hydrogen) atoms. The van der Waals surface area contributed by atoms with E-state index in [1.807, 2.05) is 18.2 Å². The molecule has 0 atom stereocenters. The summed E-state index contributed by atoms with van der Waals surface area (Å²) in [5.74, 6) is 1.68. The highest BCUT2D eigenvalue weighted by Gasteiger charge is 2.12. The maximum Gasteiger partial charge on any atom is 0.142 e. The monoisotopic (exact) mass is 272 g/mol. The van der Waals surface area contributed by atoms with Crippen LogP contribution in [0.1, 0.15) is 0 Å². The zero-order valence-corrected chi connectivity index (χ0v) is 11.1. The summed E-state index contributed by atoms with van der Waals surface area (Å²) in [6, 6.07) is 9.88. The Balaban J connectivity index is 2.18. The van der Waals surface area contributed by atoms with Gasteiger partial charge in [-0.25, -0.2) is 9.37 Å². The van der Waals surface area contributed by atoms with Gasteiger partial charge in [-0.05, 0) is 36.4 Å². The van der Waals surface area contributed by atoms with Gasteiger partial charge >= 0.3 is 0 Å². The predicted octanol–water partition coefficient (Wildman–Crippen LogP) is 3.39. The van der Waals surface area contributed by atoms with Gasteiger partial charge in [0.25, 0.3) is 0 Å². The third-order valence-electron chi connectivity index (χ3n) is 3.11. The second kappa shape index (κ2) is 4.85. The Morgan fingerprint density at radius 3 is 2.65 bits per heavy atom. The molecule has 0 aliphatic rings. The molecular weight excluding hydrogens is 259 g/mol. The van der Waals surface area contributed by atoms with Gasteiger partial charge in [-0.2, -0.15) is 0 Å². The summed E-state index contributed by atoms with van der Waals surface area (Å²) < 4.78 is 23.8. The molecule has 3 aromatic rings. The SMILES string of the molecule is COc1ccc(OC)c(-c2nc3ccc(F)cc3[nH]2)c1. The number of methoxy groups -OCH3 is 2. The van der Waals surface area contributed by atoms with Gasteiger partial charge in [0.1, 0.15) is 23.1 Å². The lowest BCUT2D eigenvalue weighted by Crippen LogP contribution is -1.91. The van der Waals surface area contributed by atoms with Gasteiger partial charge in [0.05, 0.1) is 30.8 Å². The molecule has 0 bridgehead atoms. The zero-order chi connectivity index (χ0) is 14.1. The molecule has 0 spiro atoms. The Morgan fingerprint density at radius 2 is 1.90 bits per heavy atom. The number of aromatic nitrogens is 2. The van der Waals surface area contributed by atoms with Crippen LogP contribution in [-0.4, -0.2) is 24.2 Å². The Labute approximate surface area is 115 Å². The van der Waals surface area contributed by atoms with Crippen molar-refractivity contribution in [3.63, 3.8) is 0 Å². The zero-order valence-electron chi connectivity index (χ0n) is 11.1. The lowest BCUT2D eigenvalue weighted by Gasteiger charge is -2.08. The molecule has 2 aromatic carbocycles. The average molecular weight is 272 g/mol. The van der Waals surface area contributed by atoms with E-state index in [1.54, 1.807) is 20.3 Å². The normalized spacial score (nSPS) is 10.8. The molecule has 0 saturated carbocycles. The predicted molar refractivity (Wildman–Crippen MR) is 74.6 cm³/mol. The highest BCUT2D eigenvalue weighted by Crippen LogP contribution is 2.32. The maximum absolute atomic E-state index is 13.2. The Kier molecular flexibility index (Phi) is 3.02. The molecule has 102 valence electrons. The second-order valence-corrected chi connectivity index (χ2v) is 4.31. The van der Waals surface area contributed by atoms with Gasteiger partial charge in [-0.3, -0.25) is 0 Å². The average Bonchev–Trinajstić information content (AvgIpc) is 2.89.